The summed E-state index contributed by atoms with van der Waals surface area (Å²) < 4.78 is 77.1. The molecule has 0 fully saturated rings. The lowest BCUT2D eigenvalue weighted by Gasteiger charge is -2.23. The Morgan fingerprint density at radius 1 is 1.20 bits per heavy atom. The summed E-state index contributed by atoms with van der Waals surface area (Å²) in [6.07, 6.45) is -4.89. The minimum atomic E-state index is -4.89. The highest BCUT2D eigenvalue weighted by Crippen LogP contribution is 2.38. The third-order valence-corrected chi connectivity index (χ3v) is 2.66. The van der Waals surface area contributed by atoms with E-state index in [0.717, 1.165) is 0 Å². The van der Waals surface area contributed by atoms with Crippen molar-refractivity contribution in [1.82, 2.24) is 0 Å². The van der Waals surface area contributed by atoms with Crippen molar-refractivity contribution in [2.45, 2.75) is 18.1 Å². The van der Waals surface area contributed by atoms with E-state index >= 15 is 0 Å². The van der Waals surface area contributed by atoms with Gasteiger partial charge in [-0.15, -0.1) is 12.4 Å². The lowest BCUT2D eigenvalue weighted by molar-refractivity contribution is -0.137. The summed E-state index contributed by atoms with van der Waals surface area (Å²) in [5.41, 5.74) is 2.47. The number of aliphatic hydroxyl groups excluding tert-OH is 1. The van der Waals surface area contributed by atoms with Gasteiger partial charge in [-0.25, -0.2) is 13.2 Å². The first-order chi connectivity index (χ1) is 8.50. The Morgan fingerprint density at radius 2 is 1.70 bits per heavy atom. The second-order valence-corrected chi connectivity index (χ2v) is 4.16. The first-order valence-corrected chi connectivity index (χ1v) is 5.19. The Bertz CT molecular complexity index is 480. The zero-order valence-electron chi connectivity index (χ0n) is 9.52. The molecule has 116 valence electrons. The van der Waals surface area contributed by atoms with Gasteiger partial charge in [-0.1, -0.05) is 11.6 Å². The molecule has 0 unspecified atom stereocenters. The van der Waals surface area contributed by atoms with Crippen molar-refractivity contribution in [3.05, 3.63) is 34.1 Å². The van der Waals surface area contributed by atoms with Gasteiger partial charge in [-0.3, -0.25) is 0 Å². The fraction of sp³-hybridized carbons (Fsp3) is 0.400. The molecule has 0 aliphatic heterocycles. The molecule has 0 aliphatic rings. The predicted octanol–water partition coefficient (Wildman–Crippen LogP) is 3.55. The predicted molar refractivity (Wildman–Crippen MR) is 62.6 cm³/mol. The molecule has 1 aromatic carbocycles. The van der Waals surface area contributed by atoms with Crippen LogP contribution in [0.4, 0.5) is 26.3 Å². The van der Waals surface area contributed by atoms with E-state index in [2.05, 4.69) is 0 Å². The summed E-state index contributed by atoms with van der Waals surface area (Å²) in [4.78, 5) is 0. The molecular formula is C10H9Cl2F6NO. The fourth-order valence-corrected chi connectivity index (χ4v) is 1.55. The Balaban J connectivity index is 0.00000361. The quantitative estimate of drug-likeness (QED) is 0.824. The van der Waals surface area contributed by atoms with E-state index in [1.54, 1.807) is 0 Å². The van der Waals surface area contributed by atoms with Crippen LogP contribution in [0.3, 0.4) is 0 Å². The summed E-state index contributed by atoms with van der Waals surface area (Å²) >= 11 is 5.22. The second kappa shape index (κ2) is 6.38. The van der Waals surface area contributed by atoms with Crippen LogP contribution in [-0.2, 0) is 6.18 Å². The van der Waals surface area contributed by atoms with Crippen LogP contribution >= 0.6 is 24.0 Å². The van der Waals surface area contributed by atoms with Gasteiger partial charge in [0.2, 0.25) is 0 Å². The normalized spacial score (nSPS) is 13.8. The Kier molecular flexibility index (Phi) is 6.16. The summed E-state index contributed by atoms with van der Waals surface area (Å²) in [7, 11) is 0. The number of aliphatic hydroxyl groups is 1. The van der Waals surface area contributed by atoms with Gasteiger partial charge < -0.3 is 10.8 Å². The van der Waals surface area contributed by atoms with Crippen LogP contribution < -0.4 is 5.73 Å². The molecule has 0 saturated carbocycles. The number of halogens is 8. The van der Waals surface area contributed by atoms with E-state index in [4.69, 9.17) is 22.4 Å². The first kappa shape index (κ1) is 19.3. The first-order valence-electron chi connectivity index (χ1n) is 4.81. The van der Waals surface area contributed by atoms with Crippen molar-refractivity contribution >= 4 is 24.0 Å². The van der Waals surface area contributed by atoms with Crippen molar-refractivity contribution < 1.29 is 31.4 Å². The molecule has 0 heterocycles. The molecule has 0 radical (unpaired) electrons. The van der Waals surface area contributed by atoms with Gasteiger partial charge in [-0.05, 0) is 12.1 Å². The number of rotatable bonds is 3. The molecular weight excluding hydrogens is 335 g/mol. The summed E-state index contributed by atoms with van der Waals surface area (Å²) in [6.45, 7) is -1.73. The van der Waals surface area contributed by atoms with Crippen LogP contribution in [0.25, 0.3) is 0 Å². The number of nitrogens with two attached hydrogens (primary N) is 1. The summed E-state index contributed by atoms with van der Waals surface area (Å²) in [5.74, 6) is -5.45. The van der Waals surface area contributed by atoms with Gasteiger partial charge in [-0.2, -0.15) is 13.2 Å². The average molecular weight is 344 g/mol. The SMILES string of the molecule is Cl.N[C@@H](c1cc(C(F)(F)F)cc(Cl)c1F)C(F)(F)CO. The molecule has 1 aromatic rings. The maximum Gasteiger partial charge on any atom is 0.416 e. The molecule has 0 aromatic heterocycles. The molecule has 1 atom stereocenters. The second-order valence-electron chi connectivity index (χ2n) is 3.76. The third-order valence-electron chi connectivity index (χ3n) is 2.38. The van der Waals surface area contributed by atoms with Crippen LogP contribution in [0, 0.1) is 5.82 Å². The Hall–Kier alpha value is -0.700. The third kappa shape index (κ3) is 3.91. The van der Waals surface area contributed by atoms with E-state index in [1.807, 2.05) is 0 Å². The molecule has 2 nitrogen and oxygen atoms in total. The van der Waals surface area contributed by atoms with Gasteiger partial charge in [0.1, 0.15) is 12.4 Å². The monoisotopic (exact) mass is 343 g/mol. The van der Waals surface area contributed by atoms with Crippen LogP contribution in [0.2, 0.25) is 5.02 Å². The average Bonchev–Trinajstić information content (AvgIpc) is 2.30. The van der Waals surface area contributed by atoms with Crippen molar-refractivity contribution in [2.75, 3.05) is 6.61 Å². The fourth-order valence-electron chi connectivity index (χ4n) is 1.33. The molecule has 0 amide bonds. The zero-order valence-corrected chi connectivity index (χ0v) is 11.1. The Morgan fingerprint density at radius 3 is 2.10 bits per heavy atom. The highest BCUT2D eigenvalue weighted by molar-refractivity contribution is 6.30. The standard InChI is InChI=1S/C10H8ClF6NO.ClH/c11-6-2-4(10(15,16)17)1-5(7(6)12)8(18)9(13,14)3-19;/h1-2,8,19H,3,18H2;1H/t8-;/m0./s1. The van der Waals surface area contributed by atoms with E-state index in [9.17, 15) is 26.3 Å². The highest BCUT2D eigenvalue weighted by atomic mass is 35.5. The van der Waals surface area contributed by atoms with E-state index in [0.29, 0.717) is 0 Å². The minimum Gasteiger partial charge on any atom is -0.390 e. The van der Waals surface area contributed by atoms with Gasteiger partial charge in [0.05, 0.1) is 16.6 Å². The van der Waals surface area contributed by atoms with Gasteiger partial charge in [0, 0.05) is 5.56 Å². The molecule has 1 rings (SSSR count). The maximum atomic E-state index is 13.5. The molecule has 10 heteroatoms. The minimum absolute atomic E-state index is 0. The molecule has 3 N–H and O–H groups in total. The van der Waals surface area contributed by atoms with Crippen molar-refractivity contribution in [2.24, 2.45) is 5.73 Å². The molecule has 0 bridgehead atoms. The lowest BCUT2D eigenvalue weighted by Crippen LogP contribution is -2.37. The topological polar surface area (TPSA) is 46.2 Å². The molecule has 20 heavy (non-hydrogen) atoms. The van der Waals surface area contributed by atoms with Crippen LogP contribution in [0.15, 0.2) is 12.1 Å². The number of hydrogen-bond donors (Lipinski definition) is 2. The summed E-state index contributed by atoms with van der Waals surface area (Å²) in [6, 6.07) is -2.03. The zero-order chi connectivity index (χ0) is 15.0. The number of alkyl halides is 5. The van der Waals surface area contributed by atoms with Crippen molar-refractivity contribution in [1.29, 1.82) is 0 Å². The smallest absolute Gasteiger partial charge is 0.390 e. The molecule has 0 spiro atoms. The maximum absolute atomic E-state index is 13.5. The molecule has 0 aliphatic carbocycles. The Labute approximate surface area is 120 Å². The number of benzene rings is 1. The summed E-state index contributed by atoms with van der Waals surface area (Å²) in [5, 5.41) is 7.43. The number of hydrogen-bond acceptors (Lipinski definition) is 2. The largest absolute Gasteiger partial charge is 0.416 e. The van der Waals surface area contributed by atoms with Crippen LogP contribution in [0.1, 0.15) is 17.2 Å². The van der Waals surface area contributed by atoms with E-state index in [1.165, 1.54) is 0 Å². The van der Waals surface area contributed by atoms with Crippen LogP contribution in [0.5, 0.6) is 0 Å². The van der Waals surface area contributed by atoms with Gasteiger partial charge in [0.15, 0.2) is 0 Å². The van der Waals surface area contributed by atoms with Gasteiger partial charge >= 0.3 is 6.18 Å². The van der Waals surface area contributed by atoms with E-state index in [-0.39, 0.29) is 24.5 Å². The van der Waals surface area contributed by atoms with Crippen molar-refractivity contribution in [3.8, 4) is 0 Å². The van der Waals surface area contributed by atoms with Gasteiger partial charge in [0.25, 0.3) is 5.92 Å². The highest BCUT2D eigenvalue weighted by Gasteiger charge is 2.41. The van der Waals surface area contributed by atoms with Crippen LogP contribution in [-0.4, -0.2) is 17.6 Å². The van der Waals surface area contributed by atoms with Crippen molar-refractivity contribution in [3.63, 3.8) is 0 Å². The van der Waals surface area contributed by atoms with E-state index < -0.39 is 46.7 Å². The molecule has 0 saturated heterocycles. The lowest BCUT2D eigenvalue weighted by atomic mass is 9.99.